The predicted octanol–water partition coefficient (Wildman–Crippen LogP) is 3.92. The first-order chi connectivity index (χ1) is 11.8. The lowest BCUT2D eigenvalue weighted by Crippen LogP contribution is -2.48. The number of carbonyl (C=O) groups is 2. The second kappa shape index (κ2) is 7.83. The van der Waals surface area contributed by atoms with Crippen molar-refractivity contribution in [2.45, 2.75) is 38.8 Å². The van der Waals surface area contributed by atoms with E-state index in [4.69, 9.17) is 4.74 Å². The molecule has 2 rings (SSSR count). The van der Waals surface area contributed by atoms with E-state index in [1.165, 1.54) is 4.90 Å². The van der Waals surface area contributed by atoms with E-state index in [0.29, 0.717) is 5.69 Å². The Morgan fingerprint density at radius 1 is 1.12 bits per heavy atom. The molecule has 2 aromatic carbocycles. The Balaban J connectivity index is 2.40. The van der Waals surface area contributed by atoms with Crippen molar-refractivity contribution in [3.63, 3.8) is 0 Å². The first-order valence-electron chi connectivity index (χ1n) is 8.03. The Kier molecular flexibility index (Phi) is 5.80. The van der Waals surface area contributed by atoms with Crippen molar-refractivity contribution >= 4 is 17.7 Å². The van der Waals surface area contributed by atoms with E-state index in [0.717, 1.165) is 5.56 Å². The van der Waals surface area contributed by atoms with Gasteiger partial charge >= 0.3 is 12.1 Å². The fourth-order valence-electron chi connectivity index (χ4n) is 2.39. The molecule has 0 aliphatic heterocycles. The number of hydrogen-bond donors (Lipinski definition) is 1. The summed E-state index contributed by atoms with van der Waals surface area (Å²) in [5.74, 6) is -1.09. The van der Waals surface area contributed by atoms with E-state index in [2.05, 4.69) is 6.07 Å². The fourth-order valence-corrected chi connectivity index (χ4v) is 2.39. The van der Waals surface area contributed by atoms with Crippen molar-refractivity contribution in [2.24, 2.45) is 0 Å². The molecule has 0 aromatic heterocycles. The summed E-state index contributed by atoms with van der Waals surface area (Å²) in [5, 5.41) is 9.76. The van der Waals surface area contributed by atoms with Gasteiger partial charge in [0.25, 0.3) is 0 Å². The van der Waals surface area contributed by atoms with Crippen LogP contribution in [0.3, 0.4) is 0 Å². The standard InChI is InChI=1S/C20H22NO4/c1-20(2,3)25-19(24)21(16-12-8-5-9-13-16)17(18(22)23)14-15-10-6-4-7-11-15/h4,6-13,17H,14H2,1-3H3,(H,22,23)/t17-/m0/s1. The Morgan fingerprint density at radius 3 is 2.24 bits per heavy atom. The molecule has 1 radical (unpaired) electrons. The van der Waals surface area contributed by atoms with Gasteiger partial charge in [0.05, 0.1) is 0 Å². The molecular weight excluding hydrogens is 318 g/mol. The Bertz CT molecular complexity index is 707. The maximum atomic E-state index is 12.7. The van der Waals surface area contributed by atoms with Crippen LogP contribution in [0, 0.1) is 6.07 Å². The van der Waals surface area contributed by atoms with Crippen molar-refractivity contribution in [1.82, 2.24) is 0 Å². The molecule has 0 aliphatic rings. The number of aliphatic carboxylic acids is 1. The van der Waals surface area contributed by atoms with Crippen LogP contribution in [0.1, 0.15) is 26.3 Å². The van der Waals surface area contributed by atoms with E-state index in [9.17, 15) is 14.7 Å². The lowest BCUT2D eigenvalue weighted by atomic mass is 10.0. The van der Waals surface area contributed by atoms with Gasteiger partial charge in [-0.15, -0.1) is 0 Å². The number of amides is 1. The molecule has 1 amide bonds. The minimum Gasteiger partial charge on any atom is -0.480 e. The predicted molar refractivity (Wildman–Crippen MR) is 95.6 cm³/mol. The number of rotatable bonds is 5. The summed E-state index contributed by atoms with van der Waals surface area (Å²) in [7, 11) is 0. The molecule has 5 heteroatoms. The second-order valence-electron chi connectivity index (χ2n) is 6.65. The minimum absolute atomic E-state index is 0.175. The molecule has 1 atom stereocenters. The molecule has 131 valence electrons. The maximum Gasteiger partial charge on any atom is 0.415 e. The van der Waals surface area contributed by atoms with E-state index >= 15 is 0 Å². The van der Waals surface area contributed by atoms with Gasteiger partial charge in [0.1, 0.15) is 11.6 Å². The number of nitrogens with zero attached hydrogens (tertiary/aromatic N) is 1. The quantitative estimate of drug-likeness (QED) is 0.896. The van der Waals surface area contributed by atoms with Gasteiger partial charge in [-0.3, -0.25) is 4.90 Å². The number of carbonyl (C=O) groups excluding carboxylic acids is 1. The zero-order valence-electron chi connectivity index (χ0n) is 14.6. The van der Waals surface area contributed by atoms with Crippen LogP contribution >= 0.6 is 0 Å². The van der Waals surface area contributed by atoms with Crippen LogP contribution in [0.25, 0.3) is 0 Å². The molecule has 0 saturated carbocycles. The van der Waals surface area contributed by atoms with Gasteiger partial charge in [0, 0.05) is 12.1 Å². The Labute approximate surface area is 147 Å². The maximum absolute atomic E-state index is 12.7. The number of ether oxygens (including phenoxy) is 1. The SMILES string of the molecule is CC(C)(C)OC(=O)N(c1cc[c]cc1)[C@@H](Cc1ccccc1)C(=O)O. The van der Waals surface area contributed by atoms with Crippen molar-refractivity contribution < 1.29 is 19.4 Å². The summed E-state index contributed by atoms with van der Waals surface area (Å²) in [4.78, 5) is 25.8. The fraction of sp³-hybridized carbons (Fsp3) is 0.300. The lowest BCUT2D eigenvalue weighted by Gasteiger charge is -2.31. The molecule has 0 aliphatic carbocycles. The molecule has 2 aromatic rings. The molecule has 0 spiro atoms. The highest BCUT2D eigenvalue weighted by Gasteiger charge is 2.34. The van der Waals surface area contributed by atoms with E-state index < -0.39 is 23.7 Å². The molecule has 0 unspecified atom stereocenters. The molecule has 5 nitrogen and oxygen atoms in total. The van der Waals surface area contributed by atoms with Crippen LogP contribution in [-0.4, -0.2) is 28.8 Å². The van der Waals surface area contributed by atoms with Gasteiger partial charge in [-0.2, -0.15) is 0 Å². The van der Waals surface area contributed by atoms with Gasteiger partial charge in [-0.25, -0.2) is 9.59 Å². The lowest BCUT2D eigenvalue weighted by molar-refractivity contribution is -0.138. The molecule has 1 N–H and O–H groups in total. The molecule has 0 bridgehead atoms. The Morgan fingerprint density at radius 2 is 1.72 bits per heavy atom. The van der Waals surface area contributed by atoms with Crippen molar-refractivity contribution in [3.05, 3.63) is 66.2 Å². The topological polar surface area (TPSA) is 66.8 Å². The van der Waals surface area contributed by atoms with Crippen LogP contribution in [0.2, 0.25) is 0 Å². The van der Waals surface area contributed by atoms with E-state index in [-0.39, 0.29) is 6.42 Å². The molecular formula is C20H22NO4. The van der Waals surface area contributed by atoms with Crippen LogP contribution < -0.4 is 4.90 Å². The van der Waals surface area contributed by atoms with Gasteiger partial charge in [0.2, 0.25) is 0 Å². The number of benzene rings is 2. The van der Waals surface area contributed by atoms with Gasteiger partial charge in [0.15, 0.2) is 0 Å². The van der Waals surface area contributed by atoms with Crippen molar-refractivity contribution in [3.8, 4) is 0 Å². The Hall–Kier alpha value is -2.82. The number of anilines is 1. The highest BCUT2D eigenvalue weighted by atomic mass is 16.6. The van der Waals surface area contributed by atoms with Crippen LogP contribution in [0.15, 0.2) is 54.6 Å². The monoisotopic (exact) mass is 340 g/mol. The van der Waals surface area contributed by atoms with Gasteiger partial charge < -0.3 is 9.84 Å². The number of carboxylic acids is 1. The first-order valence-corrected chi connectivity index (χ1v) is 8.03. The third kappa shape index (κ3) is 5.35. The van der Waals surface area contributed by atoms with E-state index in [1.807, 2.05) is 30.3 Å². The summed E-state index contributed by atoms with van der Waals surface area (Å²) < 4.78 is 5.44. The molecule has 0 saturated heterocycles. The second-order valence-corrected chi connectivity index (χ2v) is 6.65. The summed E-state index contributed by atoms with van der Waals surface area (Å²) >= 11 is 0. The van der Waals surface area contributed by atoms with Crippen LogP contribution in [-0.2, 0) is 16.0 Å². The number of hydrogen-bond acceptors (Lipinski definition) is 3. The normalized spacial score (nSPS) is 12.3. The van der Waals surface area contributed by atoms with E-state index in [1.54, 1.807) is 45.0 Å². The highest BCUT2D eigenvalue weighted by molar-refractivity contribution is 5.95. The summed E-state index contributed by atoms with van der Waals surface area (Å²) in [5.41, 5.74) is 0.550. The largest absolute Gasteiger partial charge is 0.480 e. The van der Waals surface area contributed by atoms with Crippen molar-refractivity contribution in [1.29, 1.82) is 0 Å². The van der Waals surface area contributed by atoms with Gasteiger partial charge in [-0.1, -0.05) is 42.5 Å². The minimum atomic E-state index is -1.09. The molecule has 25 heavy (non-hydrogen) atoms. The van der Waals surface area contributed by atoms with Gasteiger partial charge in [-0.05, 0) is 44.5 Å². The van der Waals surface area contributed by atoms with Crippen LogP contribution in [0.5, 0.6) is 0 Å². The summed E-state index contributed by atoms with van der Waals surface area (Å²) in [6, 6.07) is 17.5. The van der Waals surface area contributed by atoms with Crippen molar-refractivity contribution in [2.75, 3.05) is 4.90 Å². The highest BCUT2D eigenvalue weighted by Crippen LogP contribution is 2.23. The zero-order chi connectivity index (χ0) is 18.4. The molecule has 0 fully saturated rings. The zero-order valence-corrected chi connectivity index (χ0v) is 14.6. The average molecular weight is 340 g/mol. The molecule has 0 heterocycles. The third-order valence-corrected chi connectivity index (χ3v) is 3.44. The number of carboxylic acid groups (broad SMARTS) is 1. The smallest absolute Gasteiger partial charge is 0.415 e. The summed E-state index contributed by atoms with van der Waals surface area (Å²) in [6.45, 7) is 5.23. The summed E-state index contributed by atoms with van der Waals surface area (Å²) in [6.07, 6.45) is -0.518. The van der Waals surface area contributed by atoms with Crippen LogP contribution in [0.4, 0.5) is 10.5 Å². The average Bonchev–Trinajstić information content (AvgIpc) is 2.54. The first kappa shape index (κ1) is 18.5. The third-order valence-electron chi connectivity index (χ3n) is 3.44.